The molecule has 0 saturated heterocycles. The Labute approximate surface area is 179 Å². The third-order valence-corrected chi connectivity index (χ3v) is 9.71. The van der Waals surface area contributed by atoms with E-state index in [9.17, 15) is 9.90 Å². The average molecular weight is 417 g/mol. The highest BCUT2D eigenvalue weighted by molar-refractivity contribution is 5.72. The summed E-state index contributed by atoms with van der Waals surface area (Å²) in [4.78, 5) is 11.6. The second-order valence-electron chi connectivity index (χ2n) is 10.7. The molecule has 1 aliphatic heterocycles. The van der Waals surface area contributed by atoms with Gasteiger partial charge in [0.1, 0.15) is 13.4 Å². The number of hydrogen-bond acceptors (Lipinski definition) is 5. The van der Waals surface area contributed by atoms with Crippen molar-refractivity contribution in [1.82, 2.24) is 0 Å². The van der Waals surface area contributed by atoms with Gasteiger partial charge >= 0.3 is 0 Å². The molecule has 5 rings (SSSR count). The molecule has 0 unspecified atom stereocenters. The zero-order valence-electron chi connectivity index (χ0n) is 18.6. The summed E-state index contributed by atoms with van der Waals surface area (Å²) >= 11 is 0. The molecular formula is C25H36O5. The van der Waals surface area contributed by atoms with Crippen molar-refractivity contribution in [3.05, 3.63) is 23.0 Å². The summed E-state index contributed by atoms with van der Waals surface area (Å²) in [6.45, 7) is 5.36. The number of carbonyl (C=O) groups is 1. The summed E-state index contributed by atoms with van der Waals surface area (Å²) < 4.78 is 17.8. The van der Waals surface area contributed by atoms with Gasteiger partial charge in [-0.2, -0.15) is 0 Å². The van der Waals surface area contributed by atoms with Crippen LogP contribution in [0, 0.1) is 34.5 Å². The number of aliphatic hydroxyl groups is 1. The van der Waals surface area contributed by atoms with Gasteiger partial charge in [-0.15, -0.1) is 0 Å². The molecule has 0 bridgehead atoms. The number of aliphatic hydroxyl groups excluding tert-OH is 1. The number of hydrogen-bond donors (Lipinski definition) is 1. The number of fused-ring (bicyclic) bond motifs is 4. The largest absolute Gasteiger partial charge is 0.489 e. The summed E-state index contributed by atoms with van der Waals surface area (Å²) in [5, 5.41) is 10.3. The van der Waals surface area contributed by atoms with Gasteiger partial charge in [0.05, 0.1) is 17.6 Å². The summed E-state index contributed by atoms with van der Waals surface area (Å²) in [6, 6.07) is 0. The minimum absolute atomic E-state index is 0.0306. The van der Waals surface area contributed by atoms with Crippen molar-refractivity contribution in [3.63, 3.8) is 0 Å². The molecule has 4 aliphatic carbocycles. The number of ether oxygens (including phenoxy) is 3. The molecule has 5 aliphatic rings. The van der Waals surface area contributed by atoms with E-state index in [0.29, 0.717) is 30.1 Å². The molecule has 1 heterocycles. The molecule has 0 aromatic heterocycles. The quantitative estimate of drug-likeness (QED) is 0.426. The standard InChI is InChI=1S/C25H36O5/c1-15-19-6-7-20-18-5-4-16-10-17(27)8-9-24(16,2)21(18)11-23(30-14-28-3)25(19,20)13-29-22(15)12-26/h7,12,16-19,21,23,27H,4-6,8-11,13-14H2,1-3H3/t16-,17-,18-,19+,21-,23+,24-,25+/m0/s1. The Morgan fingerprint density at radius 1 is 1.30 bits per heavy atom. The molecule has 1 spiro atoms. The van der Waals surface area contributed by atoms with E-state index in [2.05, 4.69) is 19.9 Å². The van der Waals surface area contributed by atoms with Crippen molar-refractivity contribution in [1.29, 1.82) is 0 Å². The Morgan fingerprint density at radius 2 is 2.13 bits per heavy atom. The highest BCUT2D eigenvalue weighted by atomic mass is 16.7. The fourth-order valence-corrected chi connectivity index (χ4v) is 8.19. The lowest BCUT2D eigenvalue weighted by atomic mass is 9.44. The van der Waals surface area contributed by atoms with E-state index >= 15 is 0 Å². The van der Waals surface area contributed by atoms with Crippen LogP contribution >= 0.6 is 0 Å². The van der Waals surface area contributed by atoms with Gasteiger partial charge in [-0.25, -0.2) is 0 Å². The van der Waals surface area contributed by atoms with Gasteiger partial charge in [0.2, 0.25) is 0 Å². The van der Waals surface area contributed by atoms with Gasteiger partial charge in [-0.1, -0.05) is 18.6 Å². The predicted octanol–water partition coefficient (Wildman–Crippen LogP) is 4.01. The monoisotopic (exact) mass is 416 g/mol. The molecule has 0 aromatic carbocycles. The number of aldehydes is 1. The van der Waals surface area contributed by atoms with E-state index in [1.165, 1.54) is 18.4 Å². The zero-order chi connectivity index (χ0) is 21.1. The molecule has 0 amide bonds. The first-order valence-electron chi connectivity index (χ1n) is 11.7. The number of carbonyl (C=O) groups excluding carboxylic acids is 1. The van der Waals surface area contributed by atoms with Crippen LogP contribution in [-0.4, -0.2) is 44.1 Å². The van der Waals surface area contributed by atoms with Crippen LogP contribution < -0.4 is 0 Å². The number of methoxy groups -OCH3 is 1. The topological polar surface area (TPSA) is 65.0 Å². The molecule has 0 radical (unpaired) electrons. The van der Waals surface area contributed by atoms with Crippen LogP contribution in [0.25, 0.3) is 0 Å². The molecule has 8 atom stereocenters. The Balaban J connectivity index is 1.54. The third kappa shape index (κ3) is 2.74. The Morgan fingerprint density at radius 3 is 2.90 bits per heavy atom. The van der Waals surface area contributed by atoms with Crippen molar-refractivity contribution in [2.45, 2.75) is 71.0 Å². The van der Waals surface area contributed by atoms with Crippen molar-refractivity contribution in [2.24, 2.45) is 34.5 Å². The second-order valence-corrected chi connectivity index (χ2v) is 10.7. The van der Waals surface area contributed by atoms with Crippen LogP contribution in [0.1, 0.15) is 58.8 Å². The van der Waals surface area contributed by atoms with E-state index in [-0.39, 0.29) is 35.7 Å². The molecule has 5 nitrogen and oxygen atoms in total. The van der Waals surface area contributed by atoms with Gasteiger partial charge < -0.3 is 19.3 Å². The third-order valence-electron chi connectivity index (χ3n) is 9.71. The summed E-state index contributed by atoms with van der Waals surface area (Å²) in [5.41, 5.74) is 2.69. The minimum Gasteiger partial charge on any atom is -0.489 e. The lowest BCUT2D eigenvalue weighted by molar-refractivity contribution is -0.183. The summed E-state index contributed by atoms with van der Waals surface area (Å²) in [6.07, 6.45) is 10.6. The first-order valence-corrected chi connectivity index (χ1v) is 11.7. The van der Waals surface area contributed by atoms with E-state index < -0.39 is 0 Å². The van der Waals surface area contributed by atoms with Gasteiger partial charge in [-0.05, 0) is 80.6 Å². The van der Waals surface area contributed by atoms with Crippen LogP contribution in [0.2, 0.25) is 0 Å². The molecule has 0 aromatic rings. The van der Waals surface area contributed by atoms with Crippen LogP contribution in [-0.2, 0) is 19.0 Å². The van der Waals surface area contributed by atoms with Crippen LogP contribution in [0.15, 0.2) is 23.0 Å². The second kappa shape index (κ2) is 7.46. The first kappa shape index (κ1) is 20.7. The van der Waals surface area contributed by atoms with E-state index in [1.807, 2.05) is 0 Å². The van der Waals surface area contributed by atoms with Gasteiger partial charge in [0.25, 0.3) is 0 Å². The van der Waals surface area contributed by atoms with Gasteiger partial charge in [0, 0.05) is 13.0 Å². The average Bonchev–Trinajstić information content (AvgIpc) is 3.15. The summed E-state index contributed by atoms with van der Waals surface area (Å²) in [7, 11) is 1.68. The highest BCUT2D eigenvalue weighted by Gasteiger charge is 2.64. The van der Waals surface area contributed by atoms with E-state index in [1.54, 1.807) is 7.11 Å². The first-order chi connectivity index (χ1) is 14.5. The normalized spacial score (nSPS) is 47.4. The molecule has 30 heavy (non-hydrogen) atoms. The molecule has 1 N–H and O–H groups in total. The molecular weight excluding hydrogens is 380 g/mol. The number of allylic oxidation sites excluding steroid dienone is 3. The number of rotatable bonds is 4. The Bertz CT molecular complexity index is 772. The van der Waals surface area contributed by atoms with E-state index in [0.717, 1.165) is 44.0 Å². The SMILES string of the molecule is COCO[C@@H]1C[C@H]2[C@@H](CC[C@H]3C[C@@H](O)CC[C@@]32C)C2=CC[C@@H]3C(C)=C(C=O)OC[C@]231. The minimum atomic E-state index is -0.173. The predicted molar refractivity (Wildman–Crippen MR) is 112 cm³/mol. The van der Waals surface area contributed by atoms with Crippen LogP contribution in [0.5, 0.6) is 0 Å². The fourth-order valence-electron chi connectivity index (χ4n) is 8.19. The maximum absolute atomic E-state index is 11.6. The maximum atomic E-state index is 11.6. The molecule has 3 fully saturated rings. The molecule has 3 saturated carbocycles. The van der Waals surface area contributed by atoms with Crippen LogP contribution in [0.4, 0.5) is 0 Å². The van der Waals surface area contributed by atoms with Crippen molar-refractivity contribution in [3.8, 4) is 0 Å². The summed E-state index contributed by atoms with van der Waals surface area (Å²) in [5.74, 6) is 2.53. The van der Waals surface area contributed by atoms with Gasteiger partial charge in [0.15, 0.2) is 12.0 Å². The zero-order valence-corrected chi connectivity index (χ0v) is 18.6. The highest BCUT2D eigenvalue weighted by Crippen LogP contribution is 2.68. The van der Waals surface area contributed by atoms with E-state index in [4.69, 9.17) is 14.2 Å². The van der Waals surface area contributed by atoms with Gasteiger partial charge in [-0.3, -0.25) is 4.79 Å². The van der Waals surface area contributed by atoms with Crippen molar-refractivity contribution in [2.75, 3.05) is 20.5 Å². The Kier molecular flexibility index (Phi) is 5.15. The molecule has 5 heteroatoms. The lowest BCUT2D eigenvalue weighted by Crippen LogP contribution is -2.59. The smallest absolute Gasteiger partial charge is 0.184 e. The van der Waals surface area contributed by atoms with Crippen LogP contribution in [0.3, 0.4) is 0 Å². The lowest BCUT2D eigenvalue weighted by Gasteiger charge is -2.62. The Hall–Kier alpha value is -1.17. The molecule has 166 valence electrons. The van der Waals surface area contributed by atoms with Crippen molar-refractivity contribution >= 4 is 6.29 Å². The maximum Gasteiger partial charge on any atom is 0.184 e. The van der Waals surface area contributed by atoms with Crippen molar-refractivity contribution < 1.29 is 24.1 Å². The fraction of sp³-hybridized carbons (Fsp3) is 0.800.